The Balaban J connectivity index is 2.00. The smallest absolute Gasteiger partial charge is 0.128 e. The minimum Gasteiger partial charge on any atom is -0.394 e. The molecule has 0 bridgehead atoms. The average Bonchev–Trinajstić information content (AvgIpc) is 2.45. The van der Waals surface area contributed by atoms with Crippen LogP contribution in [0.15, 0.2) is 18.3 Å². The molecule has 0 amide bonds. The van der Waals surface area contributed by atoms with E-state index < -0.39 is 0 Å². The van der Waals surface area contributed by atoms with Crippen molar-refractivity contribution < 1.29 is 9.84 Å². The van der Waals surface area contributed by atoms with Gasteiger partial charge in [-0.15, -0.1) is 0 Å². The number of morpholine rings is 1. The number of rotatable bonds is 5. The second kappa shape index (κ2) is 6.84. The third-order valence-electron chi connectivity index (χ3n) is 3.24. The van der Waals surface area contributed by atoms with Gasteiger partial charge >= 0.3 is 0 Å². The van der Waals surface area contributed by atoms with Crippen molar-refractivity contribution in [3.63, 3.8) is 0 Å². The molecule has 106 valence electrons. The maximum absolute atomic E-state index is 9.23. The standard InChI is InChI=1S/C14H23N3O2/c1-3-15-6-12-4-5-14(16-7-12)17-8-11(2)19-13(9-17)10-18/h4-5,7,11,13,15,18H,3,6,8-10H2,1-2H3. The van der Waals surface area contributed by atoms with Gasteiger partial charge in [-0.2, -0.15) is 0 Å². The summed E-state index contributed by atoms with van der Waals surface area (Å²) in [7, 11) is 0. The highest BCUT2D eigenvalue weighted by Gasteiger charge is 2.25. The van der Waals surface area contributed by atoms with Crippen LogP contribution in [0.5, 0.6) is 0 Å². The summed E-state index contributed by atoms with van der Waals surface area (Å²) < 4.78 is 5.63. The number of nitrogens with zero attached hydrogens (tertiary/aromatic N) is 2. The number of aromatic nitrogens is 1. The van der Waals surface area contributed by atoms with E-state index in [1.807, 2.05) is 19.2 Å². The highest BCUT2D eigenvalue weighted by atomic mass is 16.5. The molecule has 1 saturated heterocycles. The molecule has 1 fully saturated rings. The lowest BCUT2D eigenvalue weighted by Gasteiger charge is -2.36. The lowest BCUT2D eigenvalue weighted by molar-refractivity contribution is -0.0423. The fourth-order valence-corrected chi connectivity index (χ4v) is 2.31. The molecule has 2 atom stereocenters. The van der Waals surface area contributed by atoms with Crippen LogP contribution >= 0.6 is 0 Å². The van der Waals surface area contributed by atoms with E-state index in [4.69, 9.17) is 4.74 Å². The van der Waals surface area contributed by atoms with Gasteiger partial charge in [0.25, 0.3) is 0 Å². The molecule has 2 N–H and O–H groups in total. The predicted octanol–water partition coefficient (Wildman–Crippen LogP) is 0.777. The first kappa shape index (κ1) is 14.2. The van der Waals surface area contributed by atoms with E-state index in [1.165, 1.54) is 5.56 Å². The lowest BCUT2D eigenvalue weighted by Crippen LogP contribution is -2.48. The highest BCUT2D eigenvalue weighted by Crippen LogP contribution is 2.18. The number of aliphatic hydroxyl groups is 1. The number of nitrogens with one attached hydrogen (secondary N) is 1. The van der Waals surface area contributed by atoms with Gasteiger partial charge in [0.2, 0.25) is 0 Å². The van der Waals surface area contributed by atoms with Gasteiger partial charge in [0, 0.05) is 25.8 Å². The zero-order valence-electron chi connectivity index (χ0n) is 11.7. The number of anilines is 1. The second-order valence-corrected chi connectivity index (χ2v) is 4.96. The zero-order chi connectivity index (χ0) is 13.7. The Labute approximate surface area is 114 Å². The molecule has 0 spiro atoms. The first-order valence-electron chi connectivity index (χ1n) is 6.89. The molecule has 0 radical (unpaired) electrons. The Morgan fingerprint density at radius 3 is 2.95 bits per heavy atom. The molecule has 0 aromatic carbocycles. The number of hydrogen-bond acceptors (Lipinski definition) is 5. The van der Waals surface area contributed by atoms with Gasteiger partial charge in [-0.3, -0.25) is 0 Å². The third kappa shape index (κ3) is 3.89. The summed E-state index contributed by atoms with van der Waals surface area (Å²) in [6.45, 7) is 7.49. The van der Waals surface area contributed by atoms with Gasteiger partial charge in [-0.1, -0.05) is 13.0 Å². The van der Waals surface area contributed by atoms with Crippen molar-refractivity contribution in [2.24, 2.45) is 0 Å². The first-order chi connectivity index (χ1) is 9.22. The quantitative estimate of drug-likeness (QED) is 0.824. The van der Waals surface area contributed by atoms with Crippen molar-refractivity contribution in [2.45, 2.75) is 32.6 Å². The Morgan fingerprint density at radius 2 is 2.32 bits per heavy atom. The van der Waals surface area contributed by atoms with E-state index in [1.54, 1.807) is 0 Å². The normalized spacial score (nSPS) is 23.6. The summed E-state index contributed by atoms with van der Waals surface area (Å²) in [6.07, 6.45) is 1.91. The Morgan fingerprint density at radius 1 is 1.47 bits per heavy atom. The molecule has 1 aliphatic rings. The van der Waals surface area contributed by atoms with Gasteiger partial charge in [-0.25, -0.2) is 4.98 Å². The minimum absolute atomic E-state index is 0.0549. The van der Waals surface area contributed by atoms with Crippen LogP contribution in [0.2, 0.25) is 0 Å². The van der Waals surface area contributed by atoms with Crippen molar-refractivity contribution in [3.8, 4) is 0 Å². The topological polar surface area (TPSA) is 57.6 Å². The number of ether oxygens (including phenoxy) is 1. The molecule has 2 rings (SSSR count). The fraction of sp³-hybridized carbons (Fsp3) is 0.643. The van der Waals surface area contributed by atoms with Crippen molar-refractivity contribution >= 4 is 5.82 Å². The third-order valence-corrected chi connectivity index (χ3v) is 3.24. The summed E-state index contributed by atoms with van der Waals surface area (Å²) in [6, 6.07) is 4.14. The fourth-order valence-electron chi connectivity index (χ4n) is 2.31. The summed E-state index contributed by atoms with van der Waals surface area (Å²) in [4.78, 5) is 6.68. The Kier molecular flexibility index (Phi) is 5.13. The van der Waals surface area contributed by atoms with E-state index in [2.05, 4.69) is 28.2 Å². The number of aliphatic hydroxyl groups excluding tert-OH is 1. The molecular weight excluding hydrogens is 242 g/mol. The van der Waals surface area contributed by atoms with Crippen LogP contribution in [-0.2, 0) is 11.3 Å². The highest BCUT2D eigenvalue weighted by molar-refractivity contribution is 5.40. The van der Waals surface area contributed by atoms with Crippen molar-refractivity contribution in [1.29, 1.82) is 0 Å². The van der Waals surface area contributed by atoms with Crippen LogP contribution in [0, 0.1) is 0 Å². The van der Waals surface area contributed by atoms with Crippen molar-refractivity contribution in [2.75, 3.05) is 31.1 Å². The molecule has 5 heteroatoms. The predicted molar refractivity (Wildman–Crippen MR) is 75.3 cm³/mol. The molecule has 2 heterocycles. The molecule has 1 aromatic heterocycles. The van der Waals surface area contributed by atoms with E-state index in [9.17, 15) is 5.11 Å². The van der Waals surface area contributed by atoms with Crippen molar-refractivity contribution in [1.82, 2.24) is 10.3 Å². The van der Waals surface area contributed by atoms with Crippen LogP contribution in [-0.4, -0.2) is 48.5 Å². The van der Waals surface area contributed by atoms with E-state index in [0.717, 1.165) is 25.5 Å². The van der Waals surface area contributed by atoms with Gasteiger partial charge in [0.05, 0.1) is 18.8 Å². The lowest BCUT2D eigenvalue weighted by atomic mass is 10.2. The molecule has 0 aliphatic carbocycles. The molecule has 19 heavy (non-hydrogen) atoms. The molecule has 5 nitrogen and oxygen atoms in total. The minimum atomic E-state index is -0.119. The van der Waals surface area contributed by atoms with Crippen LogP contribution < -0.4 is 10.2 Å². The summed E-state index contributed by atoms with van der Waals surface area (Å²) >= 11 is 0. The SMILES string of the molecule is CCNCc1ccc(N2CC(C)OC(CO)C2)nc1. The van der Waals surface area contributed by atoms with Gasteiger partial charge in [0.15, 0.2) is 0 Å². The van der Waals surface area contributed by atoms with E-state index >= 15 is 0 Å². The van der Waals surface area contributed by atoms with Crippen LogP contribution in [0.3, 0.4) is 0 Å². The summed E-state index contributed by atoms with van der Waals surface area (Å²) in [5.41, 5.74) is 1.19. The van der Waals surface area contributed by atoms with Crippen LogP contribution in [0.1, 0.15) is 19.4 Å². The molecule has 1 aliphatic heterocycles. The first-order valence-corrected chi connectivity index (χ1v) is 6.89. The van der Waals surface area contributed by atoms with Gasteiger partial charge in [0.1, 0.15) is 5.82 Å². The molecule has 1 aromatic rings. The monoisotopic (exact) mass is 265 g/mol. The Hall–Kier alpha value is -1.17. The number of hydrogen-bond donors (Lipinski definition) is 2. The van der Waals surface area contributed by atoms with Crippen molar-refractivity contribution in [3.05, 3.63) is 23.9 Å². The second-order valence-electron chi connectivity index (χ2n) is 4.96. The molecule has 2 unspecified atom stereocenters. The molecule has 0 saturated carbocycles. The molecular formula is C14H23N3O2. The van der Waals surface area contributed by atoms with Crippen LogP contribution in [0.4, 0.5) is 5.82 Å². The summed E-state index contributed by atoms with van der Waals surface area (Å²) in [5, 5.41) is 12.5. The van der Waals surface area contributed by atoms with Crippen LogP contribution in [0.25, 0.3) is 0 Å². The number of pyridine rings is 1. The van der Waals surface area contributed by atoms with E-state index in [0.29, 0.717) is 6.54 Å². The summed E-state index contributed by atoms with van der Waals surface area (Å²) in [5.74, 6) is 0.953. The van der Waals surface area contributed by atoms with Gasteiger partial charge in [-0.05, 0) is 25.1 Å². The average molecular weight is 265 g/mol. The zero-order valence-corrected chi connectivity index (χ0v) is 11.7. The largest absolute Gasteiger partial charge is 0.394 e. The Bertz CT molecular complexity index is 383. The maximum Gasteiger partial charge on any atom is 0.128 e. The maximum atomic E-state index is 9.23. The van der Waals surface area contributed by atoms with Gasteiger partial charge < -0.3 is 20.1 Å². The van der Waals surface area contributed by atoms with E-state index in [-0.39, 0.29) is 18.8 Å².